The van der Waals surface area contributed by atoms with Crippen LogP contribution in [-0.2, 0) is 25.7 Å². The summed E-state index contributed by atoms with van der Waals surface area (Å²) < 4.78 is 42.8. The summed E-state index contributed by atoms with van der Waals surface area (Å²) >= 11 is 0. The van der Waals surface area contributed by atoms with Gasteiger partial charge >= 0.3 is 0 Å². The molecule has 0 aliphatic rings. The Hall–Kier alpha value is -4.86. The molecule has 0 aromatic heterocycles. The molecule has 4 atom stereocenters. The van der Waals surface area contributed by atoms with Crippen molar-refractivity contribution in [1.29, 1.82) is 0 Å². The second-order valence-corrected chi connectivity index (χ2v) is 17.9. The first-order valence-corrected chi connectivity index (χ1v) is 23.6. The molecule has 0 spiro atoms. The van der Waals surface area contributed by atoms with E-state index in [0.29, 0.717) is 30.1 Å². The van der Waals surface area contributed by atoms with E-state index in [-0.39, 0.29) is 66.6 Å². The predicted octanol–water partition coefficient (Wildman–Crippen LogP) is 17.6. The molecular formula is C58H88O6S2. The summed E-state index contributed by atoms with van der Waals surface area (Å²) in [5.74, 6) is 2.80. The van der Waals surface area contributed by atoms with Crippen LogP contribution in [0.2, 0.25) is 0 Å². The molecule has 0 heterocycles. The summed E-state index contributed by atoms with van der Waals surface area (Å²) in [6.07, 6.45) is 3.11. The van der Waals surface area contributed by atoms with Crippen LogP contribution in [0, 0.1) is 0 Å². The van der Waals surface area contributed by atoms with Crippen molar-refractivity contribution in [3.8, 4) is 11.5 Å². The van der Waals surface area contributed by atoms with Gasteiger partial charge in [-0.2, -0.15) is 0 Å². The van der Waals surface area contributed by atoms with Gasteiger partial charge in [-0.05, 0) is 140 Å². The number of hydrogen-bond acceptors (Lipinski definition) is 6. The lowest BCUT2D eigenvalue weighted by Crippen LogP contribution is -2.15. The van der Waals surface area contributed by atoms with E-state index in [0.717, 1.165) is 30.6 Å². The molecule has 6 aromatic carbocycles. The molecule has 0 bridgehead atoms. The van der Waals surface area contributed by atoms with E-state index in [1.165, 1.54) is 37.9 Å². The second kappa shape index (κ2) is 36.3. The molecule has 0 aliphatic carbocycles. The molecule has 0 fully saturated rings. The third-order valence-corrected chi connectivity index (χ3v) is 13.2. The number of ether oxygens (including phenoxy) is 2. The minimum Gasteiger partial charge on any atom is -0.744 e. The lowest BCUT2D eigenvalue weighted by molar-refractivity contribution is -0.0613. The van der Waals surface area contributed by atoms with Crippen LogP contribution in [0.15, 0.2) is 183 Å². The molecule has 66 heavy (non-hydrogen) atoms. The summed E-state index contributed by atoms with van der Waals surface area (Å²) in [5, 5.41) is 9.01. The van der Waals surface area contributed by atoms with Gasteiger partial charge in [-0.1, -0.05) is 177 Å². The van der Waals surface area contributed by atoms with Crippen molar-refractivity contribution in [2.75, 3.05) is 6.61 Å². The average Bonchev–Trinajstić information content (AvgIpc) is 3.28. The Morgan fingerprint density at radius 3 is 1.08 bits per heavy atom. The average molecular weight is 945 g/mol. The van der Waals surface area contributed by atoms with Crippen molar-refractivity contribution in [3.63, 3.8) is 0 Å². The second-order valence-electron chi connectivity index (χ2n) is 14.5. The van der Waals surface area contributed by atoms with Crippen molar-refractivity contribution in [2.24, 2.45) is 0 Å². The SMILES string of the molecule is C.C.C.C.C.C.CCC(C)c1ccc(O)cc1.CCC(C)c1ccc(S(=O)(=O)[O-])cc1.CCOC(C)Oc1ccc(C(C)CC)cc1.c1ccc([S+](c2ccccc2)c2ccccc2)cc1. The van der Waals surface area contributed by atoms with Gasteiger partial charge in [0.15, 0.2) is 21.0 Å². The number of phenolic OH excluding ortho intramolecular Hbond substituents is 1. The summed E-state index contributed by atoms with van der Waals surface area (Å²) in [4.78, 5) is 3.92. The van der Waals surface area contributed by atoms with Crippen LogP contribution in [0.4, 0.5) is 0 Å². The molecule has 0 amide bonds. The Labute approximate surface area is 408 Å². The molecule has 0 aliphatic heterocycles. The van der Waals surface area contributed by atoms with Crippen LogP contribution >= 0.6 is 0 Å². The van der Waals surface area contributed by atoms with E-state index < -0.39 is 10.1 Å². The molecule has 0 saturated heterocycles. The Kier molecular flexibility index (Phi) is 37.2. The molecule has 0 radical (unpaired) electrons. The fourth-order valence-electron chi connectivity index (χ4n) is 5.89. The highest BCUT2D eigenvalue weighted by atomic mass is 32.2. The lowest BCUT2D eigenvalue weighted by atomic mass is 9.99. The minimum atomic E-state index is -4.30. The van der Waals surface area contributed by atoms with Crippen LogP contribution in [-0.4, -0.2) is 31.0 Å². The van der Waals surface area contributed by atoms with Gasteiger partial charge in [0.05, 0.1) is 15.8 Å². The Bertz CT molecular complexity index is 2040. The molecule has 8 heteroatoms. The van der Waals surface area contributed by atoms with Gasteiger partial charge in [0.1, 0.15) is 21.6 Å². The van der Waals surface area contributed by atoms with E-state index in [2.05, 4.69) is 145 Å². The monoisotopic (exact) mass is 945 g/mol. The van der Waals surface area contributed by atoms with Gasteiger partial charge in [0.2, 0.25) is 0 Å². The summed E-state index contributed by atoms with van der Waals surface area (Å²) in [6.45, 7) is 17.4. The first kappa shape index (κ1) is 67.7. The van der Waals surface area contributed by atoms with E-state index in [4.69, 9.17) is 14.6 Å². The Morgan fingerprint density at radius 1 is 0.485 bits per heavy atom. The number of phenols is 1. The number of rotatable bonds is 14. The summed E-state index contributed by atoms with van der Waals surface area (Å²) in [5.41, 5.74) is 3.71. The zero-order valence-electron chi connectivity index (χ0n) is 36.5. The van der Waals surface area contributed by atoms with Crippen molar-refractivity contribution in [1.82, 2.24) is 0 Å². The fourth-order valence-corrected chi connectivity index (χ4v) is 8.46. The first-order chi connectivity index (χ1) is 28.8. The van der Waals surface area contributed by atoms with E-state index in [1.54, 1.807) is 24.3 Å². The highest BCUT2D eigenvalue weighted by molar-refractivity contribution is 7.97. The molecular weight excluding hydrogens is 857 g/mol. The van der Waals surface area contributed by atoms with Crippen molar-refractivity contribution in [3.05, 3.63) is 180 Å². The third kappa shape index (κ3) is 23.5. The molecule has 1 N–H and O–H groups in total. The van der Waals surface area contributed by atoms with Crippen LogP contribution in [0.1, 0.15) is 154 Å². The van der Waals surface area contributed by atoms with Gasteiger partial charge in [-0.15, -0.1) is 0 Å². The molecule has 368 valence electrons. The lowest BCUT2D eigenvalue weighted by Gasteiger charge is -2.15. The Balaban J connectivity index is -0.000000383. The van der Waals surface area contributed by atoms with Crippen LogP contribution in [0.25, 0.3) is 0 Å². The van der Waals surface area contributed by atoms with E-state index >= 15 is 0 Å². The minimum absolute atomic E-state index is 0. The summed E-state index contributed by atoms with van der Waals surface area (Å²) in [6, 6.07) is 54.0. The number of aromatic hydroxyl groups is 1. The first-order valence-electron chi connectivity index (χ1n) is 20.9. The molecule has 6 aromatic rings. The van der Waals surface area contributed by atoms with Gasteiger partial charge in [0, 0.05) is 6.61 Å². The Morgan fingerprint density at radius 2 is 0.788 bits per heavy atom. The maximum Gasteiger partial charge on any atom is 0.196 e. The quantitative estimate of drug-likeness (QED) is 0.0664. The standard InChI is InChI=1S/C18H15S.C14H22O2.C10H14O3S.C10H14O.6CH4/c1-4-10-16(11-5-1)19(17-12-6-2-7-13-17)18-14-8-3-9-15-18;1-5-11(3)13-7-9-14(10-8-13)16-12(4)15-6-2;1-3-8(2)9-4-6-10(7-5-9)14(11,12)13;1-3-8(2)9-4-6-10(11)7-5-9;;;;;;/h1-15H;7-12H,5-6H2,1-4H3;4-8H,3H2,1-2H3,(H,11,12,13);4-8,11H,3H2,1-2H3;6*1H4/q+1;;;;;;;;;/p-1. The van der Waals surface area contributed by atoms with E-state index in [9.17, 15) is 13.0 Å². The van der Waals surface area contributed by atoms with Gasteiger partial charge in [-0.25, -0.2) is 8.42 Å². The third-order valence-electron chi connectivity index (χ3n) is 10.1. The highest BCUT2D eigenvalue weighted by Crippen LogP contribution is 2.30. The van der Waals surface area contributed by atoms with E-state index in [1.807, 2.05) is 38.1 Å². The van der Waals surface area contributed by atoms with Crippen LogP contribution in [0.5, 0.6) is 11.5 Å². The van der Waals surface area contributed by atoms with Crippen LogP contribution in [0.3, 0.4) is 0 Å². The van der Waals surface area contributed by atoms with Crippen molar-refractivity contribution >= 4 is 21.0 Å². The zero-order chi connectivity index (χ0) is 43.9. The van der Waals surface area contributed by atoms with Gasteiger partial charge in [0.25, 0.3) is 0 Å². The van der Waals surface area contributed by atoms with Crippen LogP contribution < -0.4 is 4.74 Å². The smallest absolute Gasteiger partial charge is 0.196 e. The zero-order valence-corrected chi connectivity index (χ0v) is 38.2. The molecule has 4 unspecified atom stereocenters. The molecule has 6 rings (SSSR count). The van der Waals surface area contributed by atoms with Gasteiger partial charge in [-0.3, -0.25) is 0 Å². The largest absolute Gasteiger partial charge is 0.744 e. The van der Waals surface area contributed by atoms with Crippen molar-refractivity contribution in [2.45, 2.75) is 163 Å². The molecule has 6 nitrogen and oxygen atoms in total. The normalized spacial score (nSPS) is 11.7. The maximum atomic E-state index is 10.6. The molecule has 0 saturated carbocycles. The number of hydrogen-bond donors (Lipinski definition) is 1. The van der Waals surface area contributed by atoms with Crippen molar-refractivity contribution < 1.29 is 27.6 Å². The number of benzene rings is 6. The predicted molar refractivity (Wildman–Crippen MR) is 289 cm³/mol. The maximum absolute atomic E-state index is 10.6. The fraction of sp³-hybridized carbons (Fsp3) is 0.379. The highest BCUT2D eigenvalue weighted by Gasteiger charge is 2.27. The topological polar surface area (TPSA) is 95.9 Å². The van der Waals surface area contributed by atoms with Gasteiger partial charge < -0.3 is 19.1 Å². The summed E-state index contributed by atoms with van der Waals surface area (Å²) in [7, 11) is -4.32.